The normalized spacial score (nSPS) is 19.3. The molecule has 0 aromatic heterocycles. The predicted molar refractivity (Wildman–Crippen MR) is 113 cm³/mol. The van der Waals surface area contributed by atoms with Crippen LogP contribution in [0, 0.1) is 12.8 Å². The fraction of sp³-hybridized carbons (Fsp3) is 0.409. The number of methoxy groups -OCH3 is 1. The van der Waals surface area contributed by atoms with Crippen LogP contribution in [0.1, 0.15) is 23.1 Å². The molecule has 0 bridgehead atoms. The highest BCUT2D eigenvalue weighted by molar-refractivity contribution is 5.95. The van der Waals surface area contributed by atoms with Gasteiger partial charge in [-0.3, -0.25) is 4.79 Å². The number of carbonyl (C=O) groups excluding carboxylic acids is 1. The molecule has 6 heteroatoms. The first-order valence-electron chi connectivity index (χ1n) is 9.81. The van der Waals surface area contributed by atoms with Gasteiger partial charge in [0.05, 0.1) is 13.0 Å². The number of hydrazine groups is 1. The molecular weight excluding hydrogens is 352 g/mol. The first kappa shape index (κ1) is 20.2. The molecule has 1 atom stereocenters. The molecule has 1 heterocycles. The number of allylic oxidation sites excluding steroid dienone is 4. The first-order valence-corrected chi connectivity index (χ1v) is 9.81. The number of rotatable bonds is 6. The number of hydrogen-bond donors (Lipinski definition) is 4. The maximum absolute atomic E-state index is 13.0. The molecule has 6 nitrogen and oxygen atoms in total. The zero-order valence-electron chi connectivity index (χ0n) is 16.9. The van der Waals surface area contributed by atoms with E-state index in [1.54, 1.807) is 14.2 Å². The van der Waals surface area contributed by atoms with E-state index in [-0.39, 0.29) is 11.8 Å². The lowest BCUT2D eigenvalue weighted by atomic mass is 9.93. The molecule has 1 aromatic carbocycles. The van der Waals surface area contributed by atoms with Crippen LogP contribution in [0.3, 0.4) is 0 Å². The molecule has 0 saturated carbocycles. The van der Waals surface area contributed by atoms with Crippen molar-refractivity contribution in [2.24, 2.45) is 5.92 Å². The molecular formula is C22H30N4O2. The Morgan fingerprint density at radius 2 is 2.00 bits per heavy atom. The SMILES string of the molecule is CNN/C=C/C1=CC[C@H](C(=O)Nc2cc3c(cc2C)CCNCC3)C(OC)=C1. The maximum atomic E-state index is 13.0. The summed E-state index contributed by atoms with van der Waals surface area (Å²) in [5, 5.41) is 6.56. The van der Waals surface area contributed by atoms with E-state index >= 15 is 0 Å². The molecule has 1 aliphatic heterocycles. The first-order chi connectivity index (χ1) is 13.6. The fourth-order valence-corrected chi connectivity index (χ4v) is 3.67. The van der Waals surface area contributed by atoms with Gasteiger partial charge in [-0.1, -0.05) is 12.1 Å². The van der Waals surface area contributed by atoms with Crippen LogP contribution in [0.2, 0.25) is 0 Å². The summed E-state index contributed by atoms with van der Waals surface area (Å²) in [5.74, 6) is 0.329. The summed E-state index contributed by atoms with van der Waals surface area (Å²) in [4.78, 5) is 13.0. The third-order valence-electron chi connectivity index (χ3n) is 5.24. The number of hydrogen-bond acceptors (Lipinski definition) is 5. The van der Waals surface area contributed by atoms with Crippen molar-refractivity contribution in [1.82, 2.24) is 16.2 Å². The molecule has 0 spiro atoms. The summed E-state index contributed by atoms with van der Waals surface area (Å²) >= 11 is 0. The molecule has 2 aliphatic rings. The summed E-state index contributed by atoms with van der Waals surface area (Å²) in [6.07, 6.45) is 10.3. The minimum absolute atomic E-state index is 0.0319. The Kier molecular flexibility index (Phi) is 6.90. The number of benzene rings is 1. The van der Waals surface area contributed by atoms with E-state index in [1.807, 2.05) is 18.4 Å². The zero-order valence-corrected chi connectivity index (χ0v) is 16.9. The molecule has 1 amide bonds. The quantitative estimate of drug-likeness (QED) is 0.569. The van der Waals surface area contributed by atoms with Crippen molar-refractivity contribution in [3.63, 3.8) is 0 Å². The fourth-order valence-electron chi connectivity index (χ4n) is 3.67. The summed E-state index contributed by atoms with van der Waals surface area (Å²) in [6.45, 7) is 4.04. The van der Waals surface area contributed by atoms with E-state index in [4.69, 9.17) is 4.74 Å². The smallest absolute Gasteiger partial charge is 0.235 e. The van der Waals surface area contributed by atoms with Crippen LogP contribution in [-0.2, 0) is 22.4 Å². The Hall–Kier alpha value is -2.57. The van der Waals surface area contributed by atoms with Crippen LogP contribution in [0.4, 0.5) is 5.69 Å². The molecule has 28 heavy (non-hydrogen) atoms. The molecule has 4 N–H and O–H groups in total. The molecule has 0 fully saturated rings. The van der Waals surface area contributed by atoms with E-state index in [9.17, 15) is 4.79 Å². The topological polar surface area (TPSA) is 74.4 Å². The lowest BCUT2D eigenvalue weighted by Crippen LogP contribution is -2.27. The Labute approximate surface area is 167 Å². The number of anilines is 1. The number of amides is 1. The van der Waals surface area contributed by atoms with Crippen LogP contribution < -0.4 is 21.5 Å². The van der Waals surface area contributed by atoms with Crippen molar-refractivity contribution in [3.05, 3.63) is 64.6 Å². The molecule has 1 aromatic rings. The standard InChI is InChI=1S/C22H30N4O2/c1-15-12-17-7-9-24-10-8-18(17)14-20(15)26-22(27)19-5-4-16(6-11-25-23-2)13-21(19)28-3/h4,6,11-14,19,23-25H,5,7-10H2,1-3H3,(H,26,27)/b11-6+/t19-/m0/s1. The molecule has 0 saturated heterocycles. The van der Waals surface area contributed by atoms with E-state index in [2.05, 4.69) is 46.6 Å². The van der Waals surface area contributed by atoms with Crippen molar-refractivity contribution >= 4 is 11.6 Å². The summed E-state index contributed by atoms with van der Waals surface area (Å²) in [7, 11) is 3.42. The van der Waals surface area contributed by atoms with Gasteiger partial charge in [-0.2, -0.15) is 0 Å². The highest BCUT2D eigenvalue weighted by Gasteiger charge is 2.26. The van der Waals surface area contributed by atoms with Gasteiger partial charge in [0.1, 0.15) is 5.76 Å². The van der Waals surface area contributed by atoms with Gasteiger partial charge in [0.15, 0.2) is 0 Å². The molecule has 0 radical (unpaired) electrons. The van der Waals surface area contributed by atoms with Crippen molar-refractivity contribution in [3.8, 4) is 0 Å². The van der Waals surface area contributed by atoms with Crippen LogP contribution >= 0.6 is 0 Å². The van der Waals surface area contributed by atoms with Gasteiger partial charge < -0.3 is 20.8 Å². The van der Waals surface area contributed by atoms with Gasteiger partial charge in [0, 0.05) is 18.9 Å². The third kappa shape index (κ3) is 4.82. The van der Waals surface area contributed by atoms with Crippen molar-refractivity contribution in [2.45, 2.75) is 26.2 Å². The largest absolute Gasteiger partial charge is 0.500 e. The Morgan fingerprint density at radius 1 is 1.25 bits per heavy atom. The molecule has 150 valence electrons. The van der Waals surface area contributed by atoms with Crippen LogP contribution in [0.25, 0.3) is 0 Å². The van der Waals surface area contributed by atoms with Gasteiger partial charge in [-0.25, -0.2) is 5.43 Å². The summed E-state index contributed by atoms with van der Waals surface area (Å²) in [5.41, 5.74) is 11.5. The molecule has 1 aliphatic carbocycles. The molecule has 0 unspecified atom stereocenters. The van der Waals surface area contributed by atoms with E-state index < -0.39 is 0 Å². The number of ether oxygens (including phenoxy) is 1. The second-order valence-electron chi connectivity index (χ2n) is 7.15. The number of nitrogens with one attached hydrogen (secondary N) is 4. The summed E-state index contributed by atoms with van der Waals surface area (Å²) in [6, 6.07) is 4.35. The Morgan fingerprint density at radius 3 is 2.71 bits per heavy atom. The van der Waals surface area contributed by atoms with Crippen molar-refractivity contribution in [2.75, 3.05) is 32.6 Å². The number of aryl methyl sites for hydroxylation is 1. The highest BCUT2D eigenvalue weighted by atomic mass is 16.5. The van der Waals surface area contributed by atoms with E-state index in [1.165, 1.54) is 11.1 Å². The Balaban J connectivity index is 1.73. The highest BCUT2D eigenvalue weighted by Crippen LogP contribution is 2.28. The lowest BCUT2D eigenvalue weighted by Gasteiger charge is -2.22. The zero-order chi connectivity index (χ0) is 19.9. The van der Waals surface area contributed by atoms with Crippen LogP contribution in [-0.4, -0.2) is 33.2 Å². The van der Waals surface area contributed by atoms with Gasteiger partial charge in [0.25, 0.3) is 0 Å². The van der Waals surface area contributed by atoms with Crippen LogP contribution in [0.15, 0.2) is 47.9 Å². The van der Waals surface area contributed by atoms with Gasteiger partial charge >= 0.3 is 0 Å². The number of fused-ring (bicyclic) bond motifs is 1. The maximum Gasteiger partial charge on any atom is 0.235 e. The minimum Gasteiger partial charge on any atom is -0.500 e. The van der Waals surface area contributed by atoms with Crippen molar-refractivity contribution in [1.29, 1.82) is 0 Å². The average Bonchev–Trinajstić information content (AvgIpc) is 2.93. The van der Waals surface area contributed by atoms with Gasteiger partial charge in [-0.05, 0) is 79.8 Å². The van der Waals surface area contributed by atoms with E-state index in [0.29, 0.717) is 12.2 Å². The second kappa shape index (κ2) is 9.57. The average molecular weight is 383 g/mol. The molecule has 3 rings (SSSR count). The van der Waals surface area contributed by atoms with Crippen molar-refractivity contribution < 1.29 is 9.53 Å². The monoisotopic (exact) mass is 382 g/mol. The Bertz CT molecular complexity index is 811. The minimum atomic E-state index is -0.320. The number of carbonyl (C=O) groups is 1. The summed E-state index contributed by atoms with van der Waals surface area (Å²) < 4.78 is 5.52. The van der Waals surface area contributed by atoms with E-state index in [0.717, 1.165) is 42.8 Å². The van der Waals surface area contributed by atoms with Crippen LogP contribution in [0.5, 0.6) is 0 Å². The second-order valence-corrected chi connectivity index (χ2v) is 7.15. The van der Waals surface area contributed by atoms with Gasteiger partial charge in [0.2, 0.25) is 5.91 Å². The third-order valence-corrected chi connectivity index (χ3v) is 5.24. The van der Waals surface area contributed by atoms with Gasteiger partial charge in [-0.15, -0.1) is 0 Å². The predicted octanol–water partition coefficient (Wildman–Crippen LogP) is 2.34. The lowest BCUT2D eigenvalue weighted by molar-refractivity contribution is -0.119.